The Kier molecular flexibility index (Phi) is 5.71. The first kappa shape index (κ1) is 20.9. The van der Waals surface area contributed by atoms with Crippen LogP contribution in [0.5, 0.6) is 0 Å². The van der Waals surface area contributed by atoms with Crippen LogP contribution in [0.4, 0.5) is 21.9 Å². The predicted octanol–water partition coefficient (Wildman–Crippen LogP) is 5.90. The van der Waals surface area contributed by atoms with Crippen LogP contribution in [0, 0.1) is 10.1 Å². The molecular weight excluding hydrogens is 412 g/mol. The van der Waals surface area contributed by atoms with Crippen LogP contribution in [0.25, 0.3) is 21.7 Å². The largest absolute Gasteiger partial charge is 0.452 e. The molecule has 0 bridgehead atoms. The Labute approximate surface area is 182 Å². The van der Waals surface area contributed by atoms with Gasteiger partial charge in [-0.3, -0.25) is 20.9 Å². The molecule has 0 fully saturated rings. The zero-order chi connectivity index (χ0) is 22.7. The van der Waals surface area contributed by atoms with Crippen molar-refractivity contribution in [2.45, 2.75) is 13.8 Å². The third-order valence-electron chi connectivity index (χ3n) is 4.84. The van der Waals surface area contributed by atoms with E-state index in [1.165, 1.54) is 12.1 Å². The van der Waals surface area contributed by atoms with E-state index in [2.05, 4.69) is 15.8 Å². The number of anilines is 2. The third-order valence-corrected chi connectivity index (χ3v) is 4.84. The number of hydrogen-bond acceptors (Lipinski definition) is 7. The SMILES string of the molecule is CCOC(=O)Nc1c(/C(C)=N/Nc2ccc([N+](=O)[O-])cc2)oc2ccc3ccccc3c12. The van der Waals surface area contributed by atoms with Gasteiger partial charge in [-0.2, -0.15) is 5.10 Å². The standard InChI is InChI=1S/C23H20N4O5/c1-3-31-23(28)24-21-20-18-7-5-4-6-15(18)8-13-19(20)32-22(21)14(2)25-26-16-9-11-17(12-10-16)27(29)30/h4-13,26H,3H2,1-2H3,(H,24,28)/b25-14+. The maximum absolute atomic E-state index is 12.2. The van der Waals surface area contributed by atoms with Crippen molar-refractivity contribution in [1.82, 2.24) is 0 Å². The van der Waals surface area contributed by atoms with Crippen LogP contribution in [0.15, 0.2) is 70.2 Å². The summed E-state index contributed by atoms with van der Waals surface area (Å²) in [5.41, 5.74) is 4.93. The quantitative estimate of drug-likeness (QED) is 0.222. The van der Waals surface area contributed by atoms with Crippen LogP contribution >= 0.6 is 0 Å². The van der Waals surface area contributed by atoms with Gasteiger partial charge in [-0.15, -0.1) is 0 Å². The van der Waals surface area contributed by atoms with E-state index in [1.807, 2.05) is 36.4 Å². The van der Waals surface area contributed by atoms with Crippen molar-refractivity contribution in [2.24, 2.45) is 5.10 Å². The second kappa shape index (κ2) is 8.76. The molecule has 3 aromatic carbocycles. The van der Waals surface area contributed by atoms with Gasteiger partial charge in [-0.25, -0.2) is 4.79 Å². The van der Waals surface area contributed by atoms with Crippen molar-refractivity contribution < 1.29 is 18.9 Å². The Hall–Kier alpha value is -4.40. The highest BCUT2D eigenvalue weighted by atomic mass is 16.6. The molecule has 0 saturated heterocycles. The lowest BCUT2D eigenvalue weighted by Gasteiger charge is -2.08. The van der Waals surface area contributed by atoms with Gasteiger partial charge < -0.3 is 9.15 Å². The summed E-state index contributed by atoms with van der Waals surface area (Å²) in [5.74, 6) is 0.374. The Balaban J connectivity index is 1.76. The minimum Gasteiger partial charge on any atom is -0.452 e. The number of fused-ring (bicyclic) bond motifs is 3. The Morgan fingerprint density at radius 2 is 1.88 bits per heavy atom. The molecule has 9 nitrogen and oxygen atoms in total. The summed E-state index contributed by atoms with van der Waals surface area (Å²) in [6.45, 7) is 3.69. The van der Waals surface area contributed by atoms with Gasteiger partial charge in [0.05, 0.1) is 22.6 Å². The monoisotopic (exact) mass is 432 g/mol. The number of carbonyl (C=O) groups excluding carboxylic acids is 1. The maximum atomic E-state index is 12.2. The van der Waals surface area contributed by atoms with Gasteiger partial charge in [0.15, 0.2) is 5.76 Å². The average Bonchev–Trinajstić information content (AvgIpc) is 3.16. The second-order valence-corrected chi connectivity index (χ2v) is 6.92. The summed E-state index contributed by atoms with van der Waals surface area (Å²) in [7, 11) is 0. The minimum atomic E-state index is -0.597. The lowest BCUT2D eigenvalue weighted by molar-refractivity contribution is -0.384. The van der Waals surface area contributed by atoms with E-state index in [0.717, 1.165) is 16.2 Å². The number of nitrogens with one attached hydrogen (secondary N) is 2. The van der Waals surface area contributed by atoms with Crippen LogP contribution in [0.2, 0.25) is 0 Å². The first-order valence-electron chi connectivity index (χ1n) is 9.91. The Bertz CT molecular complexity index is 1340. The first-order chi connectivity index (χ1) is 15.5. The molecule has 2 N–H and O–H groups in total. The summed E-state index contributed by atoms with van der Waals surface area (Å²) in [6, 6.07) is 17.4. The summed E-state index contributed by atoms with van der Waals surface area (Å²) in [4.78, 5) is 22.6. The number of non-ortho nitro benzene ring substituents is 1. The van der Waals surface area contributed by atoms with Gasteiger partial charge >= 0.3 is 6.09 Å². The third kappa shape index (κ3) is 4.08. The normalized spacial score (nSPS) is 11.5. The molecule has 0 aliphatic heterocycles. The predicted molar refractivity (Wildman–Crippen MR) is 123 cm³/mol. The number of amides is 1. The molecule has 32 heavy (non-hydrogen) atoms. The lowest BCUT2D eigenvalue weighted by atomic mass is 10.0. The van der Waals surface area contributed by atoms with Crippen LogP contribution < -0.4 is 10.7 Å². The fourth-order valence-corrected chi connectivity index (χ4v) is 3.37. The number of nitrogens with zero attached hydrogens (tertiary/aromatic N) is 2. The number of nitro groups is 1. The molecule has 0 unspecified atom stereocenters. The Morgan fingerprint density at radius 1 is 1.12 bits per heavy atom. The number of rotatable bonds is 6. The van der Waals surface area contributed by atoms with Crippen molar-refractivity contribution in [3.8, 4) is 0 Å². The molecular formula is C23H20N4O5. The molecule has 0 spiro atoms. The molecule has 1 amide bonds. The van der Waals surface area contributed by atoms with Crippen molar-refractivity contribution in [3.63, 3.8) is 0 Å². The summed E-state index contributed by atoms with van der Waals surface area (Å²) in [6.07, 6.45) is -0.597. The Morgan fingerprint density at radius 3 is 2.59 bits per heavy atom. The molecule has 1 heterocycles. The molecule has 0 atom stereocenters. The fraction of sp³-hybridized carbons (Fsp3) is 0.130. The highest BCUT2D eigenvalue weighted by Crippen LogP contribution is 2.37. The lowest BCUT2D eigenvalue weighted by Crippen LogP contribution is -2.15. The van der Waals surface area contributed by atoms with Crippen molar-refractivity contribution in [3.05, 3.63) is 76.5 Å². The molecule has 4 rings (SSSR count). The zero-order valence-electron chi connectivity index (χ0n) is 17.4. The van der Waals surface area contributed by atoms with Gasteiger partial charge in [0.2, 0.25) is 0 Å². The van der Waals surface area contributed by atoms with Gasteiger partial charge in [0.25, 0.3) is 5.69 Å². The molecule has 0 aliphatic carbocycles. The maximum Gasteiger partial charge on any atom is 0.411 e. The van der Waals surface area contributed by atoms with Crippen LogP contribution in [0.1, 0.15) is 19.6 Å². The summed E-state index contributed by atoms with van der Waals surface area (Å²) < 4.78 is 11.1. The van der Waals surface area contributed by atoms with Crippen LogP contribution in [-0.2, 0) is 4.74 Å². The van der Waals surface area contributed by atoms with Crippen LogP contribution in [-0.4, -0.2) is 23.3 Å². The number of hydrazone groups is 1. The van der Waals surface area contributed by atoms with E-state index in [4.69, 9.17) is 9.15 Å². The summed E-state index contributed by atoms with van der Waals surface area (Å²) >= 11 is 0. The van der Waals surface area contributed by atoms with E-state index in [1.54, 1.807) is 26.0 Å². The van der Waals surface area contributed by atoms with Crippen molar-refractivity contribution in [1.29, 1.82) is 0 Å². The van der Waals surface area contributed by atoms with Gasteiger partial charge in [-0.05, 0) is 42.8 Å². The molecule has 4 aromatic rings. The molecule has 0 radical (unpaired) electrons. The number of hydrogen-bond donors (Lipinski definition) is 2. The fourth-order valence-electron chi connectivity index (χ4n) is 3.37. The smallest absolute Gasteiger partial charge is 0.411 e. The van der Waals surface area contributed by atoms with E-state index < -0.39 is 11.0 Å². The van der Waals surface area contributed by atoms with Gasteiger partial charge in [0.1, 0.15) is 17.0 Å². The molecule has 0 aliphatic rings. The van der Waals surface area contributed by atoms with E-state index >= 15 is 0 Å². The molecule has 1 aromatic heterocycles. The highest BCUT2D eigenvalue weighted by molar-refractivity contribution is 6.19. The number of carbonyl (C=O) groups is 1. The van der Waals surface area contributed by atoms with Crippen LogP contribution in [0.3, 0.4) is 0 Å². The molecule has 162 valence electrons. The number of ether oxygens (including phenoxy) is 1. The summed E-state index contributed by atoms with van der Waals surface area (Å²) in [5, 5.41) is 20.6. The molecule has 0 saturated carbocycles. The average molecular weight is 432 g/mol. The number of furan rings is 1. The first-order valence-corrected chi connectivity index (χ1v) is 9.91. The number of nitro benzene ring substituents is 1. The number of benzene rings is 3. The zero-order valence-corrected chi connectivity index (χ0v) is 17.4. The van der Waals surface area contributed by atoms with E-state index in [9.17, 15) is 14.9 Å². The van der Waals surface area contributed by atoms with E-state index in [-0.39, 0.29) is 12.3 Å². The second-order valence-electron chi connectivity index (χ2n) is 6.92. The van der Waals surface area contributed by atoms with Crippen molar-refractivity contribution in [2.75, 3.05) is 17.3 Å². The van der Waals surface area contributed by atoms with E-state index in [0.29, 0.717) is 28.4 Å². The van der Waals surface area contributed by atoms with Gasteiger partial charge in [0, 0.05) is 12.1 Å². The molecule has 9 heteroatoms. The van der Waals surface area contributed by atoms with Crippen molar-refractivity contribution >= 4 is 50.6 Å². The highest BCUT2D eigenvalue weighted by Gasteiger charge is 2.21. The van der Waals surface area contributed by atoms with Gasteiger partial charge in [-0.1, -0.05) is 30.3 Å². The topological polar surface area (TPSA) is 119 Å². The minimum absolute atomic E-state index is 0.0127.